The van der Waals surface area contributed by atoms with Gasteiger partial charge in [0.1, 0.15) is 10.8 Å². The van der Waals surface area contributed by atoms with E-state index in [1.165, 1.54) is 5.57 Å². The van der Waals surface area contributed by atoms with Gasteiger partial charge in [0.2, 0.25) is 0 Å². The number of thiazole rings is 1. The molecule has 0 saturated heterocycles. The second kappa shape index (κ2) is 10.6. The summed E-state index contributed by atoms with van der Waals surface area (Å²) in [5.41, 5.74) is 3.30. The van der Waals surface area contributed by atoms with Crippen molar-refractivity contribution in [1.29, 1.82) is 0 Å². The van der Waals surface area contributed by atoms with Crippen molar-refractivity contribution in [2.24, 2.45) is 5.92 Å². The molecule has 4 rings (SSSR count). The monoisotopic (exact) mass is 436 g/mol. The second-order valence-electron chi connectivity index (χ2n) is 6.94. The zero-order valence-corrected chi connectivity index (χ0v) is 19.3. The molecule has 1 aromatic heterocycles. The fraction of sp³-hybridized carbons (Fsp3) is 0.240. The summed E-state index contributed by atoms with van der Waals surface area (Å²) < 4.78 is 4.60. The molecule has 1 aliphatic rings. The molecule has 2 aromatic carbocycles. The number of hydrogen-bond donors (Lipinski definition) is 2. The number of allylic oxidation sites excluding steroid dienone is 4. The Morgan fingerprint density at radius 1 is 1.20 bits per heavy atom. The van der Waals surface area contributed by atoms with Gasteiger partial charge in [-0.15, -0.1) is 11.3 Å². The molecule has 3 aromatic rings. The minimum absolute atomic E-state index is 0.0573. The van der Waals surface area contributed by atoms with Gasteiger partial charge in [0, 0.05) is 4.90 Å². The summed E-state index contributed by atoms with van der Waals surface area (Å²) in [7, 11) is 0. The zero-order chi connectivity index (χ0) is 21.5. The number of phenolic OH excluding ortho intramolecular Hbond substituents is 1. The Morgan fingerprint density at radius 3 is 2.70 bits per heavy atom. The lowest BCUT2D eigenvalue weighted by Gasteiger charge is -2.20. The predicted octanol–water partition coefficient (Wildman–Crippen LogP) is 7.44. The van der Waals surface area contributed by atoms with Crippen LogP contribution in [0.15, 0.2) is 89.4 Å². The highest BCUT2D eigenvalue weighted by molar-refractivity contribution is 7.97. The van der Waals surface area contributed by atoms with Crippen LogP contribution in [0, 0.1) is 5.92 Å². The third kappa shape index (κ3) is 5.63. The Morgan fingerprint density at radius 2 is 1.97 bits per heavy atom. The smallest absolute Gasteiger partial charge is 0.117 e. The molecule has 0 fully saturated rings. The van der Waals surface area contributed by atoms with Crippen LogP contribution in [0.2, 0.25) is 0 Å². The van der Waals surface area contributed by atoms with Gasteiger partial charge in [-0.05, 0) is 65.8 Å². The lowest BCUT2D eigenvalue weighted by Crippen LogP contribution is -2.15. The summed E-state index contributed by atoms with van der Waals surface area (Å²) in [5, 5.41) is 10.8. The predicted molar refractivity (Wildman–Crippen MR) is 131 cm³/mol. The topological polar surface area (TPSA) is 45.2 Å². The van der Waals surface area contributed by atoms with Gasteiger partial charge in [-0.3, -0.25) is 0 Å². The van der Waals surface area contributed by atoms with Crippen LogP contribution in [0.1, 0.15) is 38.2 Å². The molecule has 0 radical (unpaired) electrons. The first kappa shape index (κ1) is 22.3. The molecule has 0 bridgehead atoms. The summed E-state index contributed by atoms with van der Waals surface area (Å²) >= 11 is 3.24. The van der Waals surface area contributed by atoms with Crippen molar-refractivity contribution in [3.63, 3.8) is 0 Å². The van der Waals surface area contributed by atoms with Gasteiger partial charge in [0.05, 0.1) is 16.3 Å². The number of aromatic nitrogens is 1. The van der Waals surface area contributed by atoms with E-state index in [0.717, 1.165) is 32.1 Å². The highest BCUT2D eigenvalue weighted by Gasteiger charge is 2.19. The minimum atomic E-state index is 0.0573. The van der Waals surface area contributed by atoms with Crippen molar-refractivity contribution in [2.45, 2.75) is 38.1 Å². The normalized spacial score (nSPS) is 16.7. The van der Waals surface area contributed by atoms with Crippen LogP contribution in [-0.2, 0) is 0 Å². The van der Waals surface area contributed by atoms with E-state index in [4.69, 9.17) is 4.98 Å². The molecule has 1 aliphatic carbocycles. The molecule has 156 valence electrons. The van der Waals surface area contributed by atoms with E-state index in [1.807, 2.05) is 38.1 Å². The molecule has 2 N–H and O–H groups in total. The van der Waals surface area contributed by atoms with Gasteiger partial charge >= 0.3 is 0 Å². The summed E-state index contributed by atoms with van der Waals surface area (Å²) in [6, 6.07) is 15.7. The van der Waals surface area contributed by atoms with Gasteiger partial charge in [-0.2, -0.15) is 0 Å². The van der Waals surface area contributed by atoms with Gasteiger partial charge in [-0.1, -0.05) is 63.8 Å². The van der Waals surface area contributed by atoms with E-state index < -0.39 is 0 Å². The largest absolute Gasteiger partial charge is 0.508 e. The van der Waals surface area contributed by atoms with Gasteiger partial charge in [0.25, 0.3) is 0 Å². The van der Waals surface area contributed by atoms with Gasteiger partial charge in [0.15, 0.2) is 0 Å². The Kier molecular flexibility index (Phi) is 7.91. The molecule has 2 atom stereocenters. The average Bonchev–Trinajstić information content (AvgIpc) is 3.19. The summed E-state index contributed by atoms with van der Waals surface area (Å²) in [5.74, 6) is 0.661. The van der Waals surface area contributed by atoms with Crippen LogP contribution in [-0.4, -0.2) is 10.1 Å². The number of fused-ring (bicyclic) bond motifs is 1. The van der Waals surface area contributed by atoms with Crippen LogP contribution in [0.4, 0.5) is 0 Å². The molecule has 0 spiro atoms. The number of nitrogens with one attached hydrogen (secondary N) is 1. The first-order valence-electron chi connectivity index (χ1n) is 10.2. The lowest BCUT2D eigenvalue weighted by molar-refractivity contribution is 0.476. The Hall–Kier alpha value is -2.34. The number of hydrogen-bond acceptors (Lipinski definition) is 5. The molecule has 0 aliphatic heterocycles. The van der Waals surface area contributed by atoms with Crippen LogP contribution < -0.4 is 4.72 Å². The Balaban J connectivity index is 0.00000124. The first-order valence-corrected chi connectivity index (χ1v) is 11.9. The van der Waals surface area contributed by atoms with Crippen molar-refractivity contribution in [3.8, 4) is 5.75 Å². The standard InChI is InChI=1S/C23H22N2OS2.C2H6/c1-15-8-9-17(12-16(15)2)13-21(25-28-19-6-4-3-5-7-19)23-24-20-11-10-18(26)14-22(20)27-23;1-2/h3-12,14-15,21,25-26H,2,13H2,1H3;1-2H3. The molecular weight excluding hydrogens is 408 g/mol. The maximum atomic E-state index is 9.78. The fourth-order valence-electron chi connectivity index (χ4n) is 3.06. The van der Waals surface area contributed by atoms with Crippen LogP contribution in [0.3, 0.4) is 0 Å². The third-order valence-corrected chi connectivity index (χ3v) is 6.79. The van der Waals surface area contributed by atoms with E-state index in [2.05, 4.69) is 48.6 Å². The molecule has 2 unspecified atom stereocenters. The fourth-order valence-corrected chi connectivity index (χ4v) is 4.95. The van der Waals surface area contributed by atoms with Crippen molar-refractivity contribution in [1.82, 2.24) is 9.71 Å². The summed E-state index contributed by atoms with van der Waals surface area (Å²) in [6.07, 6.45) is 7.41. The molecule has 5 heteroatoms. The second-order valence-corrected chi connectivity index (χ2v) is 8.91. The number of phenols is 1. The summed E-state index contributed by atoms with van der Waals surface area (Å²) in [6.45, 7) is 10.3. The van der Waals surface area contributed by atoms with Crippen LogP contribution >= 0.6 is 23.3 Å². The van der Waals surface area contributed by atoms with Crippen molar-refractivity contribution in [2.75, 3.05) is 0 Å². The first-order chi connectivity index (χ1) is 14.6. The Bertz CT molecular complexity index is 1050. The van der Waals surface area contributed by atoms with Crippen LogP contribution in [0.25, 0.3) is 10.2 Å². The number of nitrogens with zero attached hydrogens (tertiary/aromatic N) is 1. The van der Waals surface area contributed by atoms with E-state index in [-0.39, 0.29) is 11.8 Å². The van der Waals surface area contributed by atoms with E-state index in [9.17, 15) is 5.11 Å². The molecular formula is C25H28N2OS2. The Labute approximate surface area is 187 Å². The van der Waals surface area contributed by atoms with Crippen molar-refractivity contribution >= 4 is 33.5 Å². The number of aromatic hydroxyl groups is 1. The maximum Gasteiger partial charge on any atom is 0.117 e. The average molecular weight is 437 g/mol. The zero-order valence-electron chi connectivity index (χ0n) is 17.6. The molecule has 0 amide bonds. The molecule has 1 heterocycles. The van der Waals surface area contributed by atoms with Gasteiger partial charge in [-0.25, -0.2) is 9.71 Å². The highest BCUT2D eigenvalue weighted by atomic mass is 32.2. The molecule has 30 heavy (non-hydrogen) atoms. The van der Waals surface area contributed by atoms with E-state index in [0.29, 0.717) is 5.92 Å². The summed E-state index contributed by atoms with van der Waals surface area (Å²) in [4.78, 5) is 5.99. The molecule has 3 nitrogen and oxygen atoms in total. The lowest BCUT2D eigenvalue weighted by atomic mass is 9.91. The quantitative estimate of drug-likeness (QED) is 0.394. The number of rotatable bonds is 6. The minimum Gasteiger partial charge on any atom is -0.508 e. The highest BCUT2D eigenvalue weighted by Crippen LogP contribution is 2.35. The molecule has 0 saturated carbocycles. The third-order valence-electron chi connectivity index (χ3n) is 4.74. The van der Waals surface area contributed by atoms with Gasteiger partial charge < -0.3 is 5.11 Å². The maximum absolute atomic E-state index is 9.78. The van der Waals surface area contributed by atoms with E-state index >= 15 is 0 Å². The van der Waals surface area contributed by atoms with Crippen molar-refractivity contribution < 1.29 is 5.11 Å². The SMILES string of the molecule is C=C1C=C(CC(NSc2ccccc2)c2nc3ccc(O)cc3s2)C=CC1C.CC. The van der Waals surface area contributed by atoms with Crippen molar-refractivity contribution in [3.05, 3.63) is 89.5 Å². The van der Waals surface area contributed by atoms with E-state index in [1.54, 1.807) is 35.4 Å². The van der Waals surface area contributed by atoms with Crippen LogP contribution in [0.5, 0.6) is 5.75 Å². The number of benzene rings is 2.